The van der Waals surface area contributed by atoms with Crippen LogP contribution < -0.4 is 10.1 Å². The first kappa shape index (κ1) is 19.5. The zero-order valence-electron chi connectivity index (χ0n) is 14.9. The number of ether oxygens (including phenoxy) is 2. The average molecular weight is 400 g/mol. The van der Waals surface area contributed by atoms with Crippen molar-refractivity contribution in [2.45, 2.75) is 13.2 Å². The number of benzene rings is 2. The molecule has 0 aliphatic carbocycles. The second kappa shape index (κ2) is 9.62. The number of amides is 1. The molecule has 0 unspecified atom stereocenters. The molecule has 1 amide bonds. The second-order valence-electron chi connectivity index (χ2n) is 5.85. The number of para-hydroxylation sites is 1. The summed E-state index contributed by atoms with van der Waals surface area (Å²) in [5, 5.41) is 3.28. The summed E-state index contributed by atoms with van der Waals surface area (Å²) in [5.74, 6) is 0.0515. The number of hydrogen-bond donors (Lipinski definition) is 1. The first-order valence-electron chi connectivity index (χ1n) is 8.55. The van der Waals surface area contributed by atoms with Gasteiger partial charge in [-0.15, -0.1) is 0 Å². The summed E-state index contributed by atoms with van der Waals surface area (Å²) < 4.78 is 15.9. The maximum atomic E-state index is 12.0. The van der Waals surface area contributed by atoms with Crippen LogP contribution in [0.25, 0.3) is 0 Å². The third-order valence-corrected chi connectivity index (χ3v) is 3.98. The van der Waals surface area contributed by atoms with Crippen molar-refractivity contribution in [1.82, 2.24) is 5.32 Å². The van der Waals surface area contributed by atoms with Gasteiger partial charge in [0.25, 0.3) is 5.91 Å². The van der Waals surface area contributed by atoms with E-state index in [1.54, 1.807) is 30.3 Å². The molecule has 1 heterocycles. The van der Waals surface area contributed by atoms with E-state index >= 15 is 0 Å². The van der Waals surface area contributed by atoms with Crippen LogP contribution in [0.15, 0.2) is 71.1 Å². The van der Waals surface area contributed by atoms with Crippen molar-refractivity contribution in [3.63, 3.8) is 0 Å². The van der Waals surface area contributed by atoms with Gasteiger partial charge in [0.05, 0.1) is 0 Å². The lowest BCUT2D eigenvalue weighted by atomic mass is 10.2. The second-order valence-corrected chi connectivity index (χ2v) is 6.28. The summed E-state index contributed by atoms with van der Waals surface area (Å²) >= 11 is 5.81. The molecule has 0 saturated carbocycles. The molecule has 28 heavy (non-hydrogen) atoms. The zero-order chi connectivity index (χ0) is 19.8. The van der Waals surface area contributed by atoms with Crippen LogP contribution in [0.5, 0.6) is 5.75 Å². The Hall–Kier alpha value is -3.25. The van der Waals surface area contributed by atoms with Gasteiger partial charge in [-0.25, -0.2) is 4.79 Å². The van der Waals surface area contributed by atoms with Gasteiger partial charge in [0.15, 0.2) is 6.61 Å². The van der Waals surface area contributed by atoms with E-state index in [4.69, 9.17) is 25.5 Å². The molecular weight excluding hydrogens is 382 g/mol. The van der Waals surface area contributed by atoms with Gasteiger partial charge < -0.3 is 19.2 Å². The van der Waals surface area contributed by atoms with E-state index in [-0.39, 0.29) is 12.4 Å². The predicted octanol–water partition coefficient (Wildman–Crippen LogP) is 3.99. The molecule has 0 saturated heterocycles. The highest BCUT2D eigenvalue weighted by atomic mass is 35.5. The lowest BCUT2D eigenvalue weighted by Crippen LogP contribution is -2.28. The minimum Gasteiger partial charge on any atom is -0.486 e. The molecule has 0 atom stereocenters. The quantitative estimate of drug-likeness (QED) is 0.579. The van der Waals surface area contributed by atoms with Gasteiger partial charge in [-0.05, 0) is 42.0 Å². The van der Waals surface area contributed by atoms with E-state index in [1.165, 1.54) is 6.07 Å². The summed E-state index contributed by atoms with van der Waals surface area (Å²) in [6.45, 7) is 0.0944. The molecule has 1 N–H and O–H groups in total. The summed E-state index contributed by atoms with van der Waals surface area (Å²) in [5.41, 5.74) is 0.887. The molecule has 0 aliphatic heterocycles. The molecule has 7 heteroatoms. The number of rotatable bonds is 8. The molecule has 3 rings (SSSR count). The number of carbonyl (C=O) groups is 2. The lowest BCUT2D eigenvalue weighted by molar-refractivity contribution is -0.124. The van der Waals surface area contributed by atoms with Crippen LogP contribution in [-0.2, 0) is 22.7 Å². The topological polar surface area (TPSA) is 77.8 Å². The van der Waals surface area contributed by atoms with Crippen molar-refractivity contribution in [2.24, 2.45) is 0 Å². The van der Waals surface area contributed by atoms with Gasteiger partial charge in [0, 0.05) is 11.6 Å². The van der Waals surface area contributed by atoms with Crippen LogP contribution in [0.1, 0.15) is 21.9 Å². The fourth-order valence-electron chi connectivity index (χ4n) is 2.29. The van der Waals surface area contributed by atoms with Crippen LogP contribution in [-0.4, -0.2) is 18.5 Å². The monoisotopic (exact) mass is 399 g/mol. The minimum atomic E-state index is -0.715. The lowest BCUT2D eigenvalue weighted by Gasteiger charge is -2.06. The number of carbonyl (C=O) groups excluding carboxylic acids is 2. The SMILES string of the molecule is O=C(COC(=O)c1ccc(COc2ccccc2)o1)NCc1ccc(Cl)cc1. The fourth-order valence-corrected chi connectivity index (χ4v) is 2.42. The minimum absolute atomic E-state index is 0.0113. The Balaban J connectivity index is 1.41. The molecule has 0 aliphatic rings. The molecule has 3 aromatic rings. The predicted molar refractivity (Wildman–Crippen MR) is 103 cm³/mol. The van der Waals surface area contributed by atoms with E-state index in [0.717, 1.165) is 5.56 Å². The zero-order valence-corrected chi connectivity index (χ0v) is 15.6. The third-order valence-electron chi connectivity index (χ3n) is 3.72. The maximum absolute atomic E-state index is 12.0. The first-order valence-corrected chi connectivity index (χ1v) is 8.93. The average Bonchev–Trinajstić information content (AvgIpc) is 3.20. The van der Waals surface area contributed by atoms with Gasteiger partial charge in [0.1, 0.15) is 18.1 Å². The van der Waals surface area contributed by atoms with Crippen molar-refractivity contribution in [2.75, 3.05) is 6.61 Å². The van der Waals surface area contributed by atoms with Crippen molar-refractivity contribution >= 4 is 23.5 Å². The molecule has 144 valence electrons. The van der Waals surface area contributed by atoms with Crippen LogP contribution in [0.3, 0.4) is 0 Å². The molecule has 1 aromatic heterocycles. The largest absolute Gasteiger partial charge is 0.486 e. The van der Waals surface area contributed by atoms with Crippen molar-refractivity contribution in [1.29, 1.82) is 0 Å². The Bertz CT molecular complexity index is 921. The Morgan fingerprint density at radius 3 is 2.46 bits per heavy atom. The van der Waals surface area contributed by atoms with Crippen molar-refractivity contribution < 1.29 is 23.5 Å². The third kappa shape index (κ3) is 5.89. The smallest absolute Gasteiger partial charge is 0.374 e. The van der Waals surface area contributed by atoms with Crippen molar-refractivity contribution in [3.8, 4) is 5.75 Å². The summed E-state index contributed by atoms with van der Waals surface area (Å²) in [6.07, 6.45) is 0. The summed E-state index contributed by atoms with van der Waals surface area (Å²) in [4.78, 5) is 23.8. The normalized spacial score (nSPS) is 10.3. The fraction of sp³-hybridized carbons (Fsp3) is 0.143. The standard InChI is InChI=1S/C21H18ClNO5/c22-16-8-6-15(7-9-16)12-23-20(24)14-27-21(25)19-11-10-18(28-19)13-26-17-4-2-1-3-5-17/h1-11H,12-14H2,(H,23,24). The van der Waals surface area contributed by atoms with Gasteiger partial charge in [-0.3, -0.25) is 4.79 Å². The maximum Gasteiger partial charge on any atom is 0.374 e. The van der Waals surface area contributed by atoms with E-state index in [1.807, 2.05) is 30.3 Å². The molecule has 0 fully saturated rings. The molecular formula is C21H18ClNO5. The highest BCUT2D eigenvalue weighted by Crippen LogP contribution is 2.14. The number of nitrogens with one attached hydrogen (secondary N) is 1. The van der Waals surface area contributed by atoms with Crippen LogP contribution in [0.2, 0.25) is 5.02 Å². The molecule has 0 bridgehead atoms. The first-order chi connectivity index (χ1) is 13.6. The Morgan fingerprint density at radius 2 is 1.71 bits per heavy atom. The number of hydrogen-bond acceptors (Lipinski definition) is 5. The molecule has 2 aromatic carbocycles. The van der Waals surface area contributed by atoms with Gasteiger partial charge in [-0.1, -0.05) is 41.9 Å². The van der Waals surface area contributed by atoms with Gasteiger partial charge in [0.2, 0.25) is 5.76 Å². The Labute approximate surface area is 167 Å². The van der Waals surface area contributed by atoms with E-state index in [9.17, 15) is 9.59 Å². The Morgan fingerprint density at radius 1 is 0.964 bits per heavy atom. The van der Waals surface area contributed by atoms with E-state index < -0.39 is 18.5 Å². The highest BCUT2D eigenvalue weighted by molar-refractivity contribution is 6.30. The molecule has 0 radical (unpaired) electrons. The van der Waals surface area contributed by atoms with E-state index in [2.05, 4.69) is 5.32 Å². The van der Waals surface area contributed by atoms with E-state index in [0.29, 0.717) is 23.1 Å². The summed E-state index contributed by atoms with van der Waals surface area (Å²) in [7, 11) is 0. The highest BCUT2D eigenvalue weighted by Gasteiger charge is 2.15. The molecule has 6 nitrogen and oxygen atoms in total. The van der Waals surface area contributed by atoms with Gasteiger partial charge >= 0.3 is 5.97 Å². The summed E-state index contributed by atoms with van der Waals surface area (Å²) in [6, 6.07) is 19.4. The van der Waals surface area contributed by atoms with Crippen LogP contribution >= 0.6 is 11.6 Å². The van der Waals surface area contributed by atoms with Crippen LogP contribution in [0, 0.1) is 0 Å². The Kier molecular flexibility index (Phi) is 6.70. The van der Waals surface area contributed by atoms with Crippen LogP contribution in [0.4, 0.5) is 0 Å². The van der Waals surface area contributed by atoms with Gasteiger partial charge in [-0.2, -0.15) is 0 Å². The molecule has 0 spiro atoms. The number of esters is 1. The van der Waals surface area contributed by atoms with Crippen molar-refractivity contribution in [3.05, 3.63) is 88.8 Å². The number of halogens is 1. The number of furan rings is 1.